The van der Waals surface area contributed by atoms with Crippen LogP contribution in [0, 0.1) is 15.9 Å². The highest BCUT2D eigenvalue weighted by atomic mass is 35.5. The van der Waals surface area contributed by atoms with E-state index in [1.807, 2.05) is 0 Å². The van der Waals surface area contributed by atoms with Crippen LogP contribution in [0.3, 0.4) is 0 Å². The Hall–Kier alpha value is -2.12. The zero-order valence-electron chi connectivity index (χ0n) is 12.0. The Morgan fingerprint density at radius 3 is 2.70 bits per heavy atom. The molecule has 1 atom stereocenters. The zero-order chi connectivity index (χ0) is 17.0. The summed E-state index contributed by atoms with van der Waals surface area (Å²) in [7, 11) is 0. The number of nitrogens with one attached hydrogen (secondary N) is 1. The van der Waals surface area contributed by atoms with Crippen molar-refractivity contribution in [3.8, 4) is 0 Å². The maximum absolute atomic E-state index is 13.1. The molecule has 0 radical (unpaired) electrons. The Morgan fingerprint density at radius 1 is 1.35 bits per heavy atom. The van der Waals surface area contributed by atoms with Crippen LogP contribution in [0.25, 0.3) is 0 Å². The number of benzene rings is 2. The molecule has 0 aliphatic carbocycles. The molecular formula is C15H12ClFN2O3S. The van der Waals surface area contributed by atoms with Gasteiger partial charge in [0.05, 0.1) is 15.2 Å². The van der Waals surface area contributed by atoms with Crippen LogP contribution >= 0.6 is 23.4 Å². The van der Waals surface area contributed by atoms with Crippen LogP contribution in [0.5, 0.6) is 0 Å². The SMILES string of the molecule is C[C@@H](Sc1ccc(F)c(Cl)c1)C(=O)Nc1ccccc1[N+](=O)[O-]. The molecule has 23 heavy (non-hydrogen) atoms. The molecule has 1 amide bonds. The molecular weight excluding hydrogens is 343 g/mol. The summed E-state index contributed by atoms with van der Waals surface area (Å²) in [4.78, 5) is 23.2. The van der Waals surface area contributed by atoms with Gasteiger partial charge >= 0.3 is 0 Å². The van der Waals surface area contributed by atoms with Crippen molar-refractivity contribution >= 4 is 40.6 Å². The summed E-state index contributed by atoms with van der Waals surface area (Å²) < 4.78 is 13.1. The van der Waals surface area contributed by atoms with E-state index in [1.54, 1.807) is 13.0 Å². The molecule has 1 N–H and O–H groups in total. The third-order valence-electron chi connectivity index (χ3n) is 2.93. The van der Waals surface area contributed by atoms with Crippen molar-refractivity contribution in [1.82, 2.24) is 0 Å². The number of nitro groups is 1. The van der Waals surface area contributed by atoms with E-state index >= 15 is 0 Å². The lowest BCUT2D eigenvalue weighted by Gasteiger charge is -2.12. The highest BCUT2D eigenvalue weighted by Gasteiger charge is 2.19. The topological polar surface area (TPSA) is 72.2 Å². The van der Waals surface area contributed by atoms with Crippen molar-refractivity contribution in [2.45, 2.75) is 17.1 Å². The minimum Gasteiger partial charge on any atom is -0.319 e. The van der Waals surface area contributed by atoms with Gasteiger partial charge in [0.15, 0.2) is 0 Å². The third kappa shape index (κ3) is 4.43. The van der Waals surface area contributed by atoms with Gasteiger partial charge in [-0.1, -0.05) is 23.7 Å². The fraction of sp³-hybridized carbons (Fsp3) is 0.133. The summed E-state index contributed by atoms with van der Waals surface area (Å²) in [5, 5.41) is 12.9. The van der Waals surface area contributed by atoms with E-state index in [0.717, 1.165) is 0 Å². The van der Waals surface area contributed by atoms with Gasteiger partial charge < -0.3 is 5.32 Å². The van der Waals surface area contributed by atoms with E-state index < -0.39 is 21.9 Å². The van der Waals surface area contributed by atoms with Crippen LogP contribution < -0.4 is 5.32 Å². The summed E-state index contributed by atoms with van der Waals surface area (Å²) >= 11 is 6.87. The zero-order valence-corrected chi connectivity index (χ0v) is 13.5. The van der Waals surface area contributed by atoms with E-state index in [9.17, 15) is 19.3 Å². The van der Waals surface area contributed by atoms with Gasteiger partial charge in [-0.3, -0.25) is 14.9 Å². The fourth-order valence-electron chi connectivity index (χ4n) is 1.78. The third-order valence-corrected chi connectivity index (χ3v) is 4.32. The van der Waals surface area contributed by atoms with Gasteiger partial charge in [-0.2, -0.15) is 0 Å². The molecule has 5 nitrogen and oxygen atoms in total. The van der Waals surface area contributed by atoms with Crippen LogP contribution in [0.4, 0.5) is 15.8 Å². The van der Waals surface area contributed by atoms with E-state index in [2.05, 4.69) is 5.32 Å². The van der Waals surface area contributed by atoms with Gasteiger partial charge in [-0.15, -0.1) is 11.8 Å². The second kappa shape index (κ2) is 7.43. The number of thioether (sulfide) groups is 1. The lowest BCUT2D eigenvalue weighted by atomic mass is 10.2. The average Bonchev–Trinajstić information content (AvgIpc) is 2.51. The quantitative estimate of drug-likeness (QED) is 0.487. The molecule has 0 bridgehead atoms. The number of amides is 1. The Kier molecular flexibility index (Phi) is 5.57. The van der Waals surface area contributed by atoms with Gasteiger partial charge in [0, 0.05) is 11.0 Å². The van der Waals surface area contributed by atoms with Gasteiger partial charge in [-0.05, 0) is 31.2 Å². The predicted octanol–water partition coefficient (Wildman–Crippen LogP) is 4.51. The first kappa shape index (κ1) is 17.2. The van der Waals surface area contributed by atoms with Crippen molar-refractivity contribution in [2.24, 2.45) is 0 Å². The van der Waals surface area contributed by atoms with Gasteiger partial charge in [0.1, 0.15) is 11.5 Å². The van der Waals surface area contributed by atoms with E-state index in [0.29, 0.717) is 4.90 Å². The number of hydrogen-bond acceptors (Lipinski definition) is 4. The summed E-state index contributed by atoms with van der Waals surface area (Å²) in [5.74, 6) is -0.933. The maximum Gasteiger partial charge on any atom is 0.292 e. The molecule has 0 aromatic heterocycles. The standard InChI is InChI=1S/C15H12ClFN2O3S/c1-9(23-10-6-7-12(17)11(16)8-10)15(20)18-13-4-2-3-5-14(13)19(21)22/h2-9H,1H3,(H,18,20)/t9-/m1/s1. The molecule has 0 aliphatic heterocycles. The second-order valence-corrected chi connectivity index (χ2v) is 6.42. The van der Waals surface area contributed by atoms with Crippen molar-refractivity contribution in [2.75, 3.05) is 5.32 Å². The number of carbonyl (C=O) groups excluding carboxylic acids is 1. The molecule has 120 valence electrons. The number of halogens is 2. The summed E-state index contributed by atoms with van der Waals surface area (Å²) in [6, 6.07) is 10.1. The van der Waals surface area contributed by atoms with Crippen molar-refractivity contribution in [1.29, 1.82) is 0 Å². The van der Waals surface area contributed by atoms with Crippen molar-refractivity contribution < 1.29 is 14.1 Å². The van der Waals surface area contributed by atoms with Gasteiger partial charge in [0.2, 0.25) is 5.91 Å². The fourth-order valence-corrected chi connectivity index (χ4v) is 2.93. The minimum absolute atomic E-state index is 0.0266. The predicted molar refractivity (Wildman–Crippen MR) is 88.5 cm³/mol. The average molecular weight is 355 g/mol. The normalized spacial score (nSPS) is 11.8. The van der Waals surface area contributed by atoms with Crippen LogP contribution in [-0.4, -0.2) is 16.1 Å². The van der Waals surface area contributed by atoms with Gasteiger partial charge in [-0.25, -0.2) is 4.39 Å². The molecule has 0 fully saturated rings. The summed E-state index contributed by atoms with van der Waals surface area (Å²) in [6.07, 6.45) is 0. The summed E-state index contributed by atoms with van der Waals surface area (Å²) in [6.45, 7) is 1.64. The number of carbonyl (C=O) groups is 1. The molecule has 0 unspecified atom stereocenters. The first-order chi connectivity index (χ1) is 10.9. The lowest BCUT2D eigenvalue weighted by Crippen LogP contribution is -2.22. The largest absolute Gasteiger partial charge is 0.319 e. The molecule has 8 heteroatoms. The lowest BCUT2D eigenvalue weighted by molar-refractivity contribution is -0.383. The number of nitrogens with zero attached hydrogens (tertiary/aromatic N) is 1. The number of hydrogen-bond donors (Lipinski definition) is 1. The Balaban J connectivity index is 2.08. The van der Waals surface area contributed by atoms with E-state index in [4.69, 9.17) is 11.6 Å². The molecule has 2 aromatic rings. The van der Waals surface area contributed by atoms with Crippen molar-refractivity contribution in [3.05, 3.63) is 63.4 Å². The summed E-state index contributed by atoms with van der Waals surface area (Å²) in [5.41, 5.74) is -0.0463. The minimum atomic E-state index is -0.562. The highest BCUT2D eigenvalue weighted by molar-refractivity contribution is 8.00. The first-order valence-corrected chi connectivity index (χ1v) is 7.80. The number of anilines is 1. The van der Waals surface area contributed by atoms with Crippen LogP contribution in [0.2, 0.25) is 5.02 Å². The molecule has 0 heterocycles. The monoisotopic (exact) mass is 354 g/mol. The molecule has 2 aromatic carbocycles. The van der Waals surface area contributed by atoms with Gasteiger partial charge in [0.25, 0.3) is 5.69 Å². The molecule has 0 spiro atoms. The smallest absolute Gasteiger partial charge is 0.292 e. The Morgan fingerprint density at radius 2 is 2.04 bits per heavy atom. The van der Waals surface area contributed by atoms with Crippen LogP contribution in [0.15, 0.2) is 47.4 Å². The van der Waals surface area contributed by atoms with Crippen LogP contribution in [-0.2, 0) is 4.79 Å². The molecule has 2 rings (SSSR count). The second-order valence-electron chi connectivity index (χ2n) is 4.60. The van der Waals surface area contributed by atoms with E-state index in [-0.39, 0.29) is 16.4 Å². The highest BCUT2D eigenvalue weighted by Crippen LogP contribution is 2.29. The van der Waals surface area contributed by atoms with E-state index in [1.165, 1.54) is 48.2 Å². The van der Waals surface area contributed by atoms with Crippen molar-refractivity contribution in [3.63, 3.8) is 0 Å². The molecule has 0 aliphatic rings. The first-order valence-electron chi connectivity index (χ1n) is 6.54. The number of para-hydroxylation sites is 2. The molecule has 0 saturated heterocycles. The number of nitro benzene ring substituents is 1. The van der Waals surface area contributed by atoms with Crippen LogP contribution in [0.1, 0.15) is 6.92 Å². The molecule has 0 saturated carbocycles. The number of rotatable bonds is 5. The Labute approximate surface area is 141 Å². The Bertz CT molecular complexity index is 757. The maximum atomic E-state index is 13.1.